The first-order valence-electron chi connectivity index (χ1n) is 9.36. The van der Waals surface area contributed by atoms with Crippen LogP contribution in [0.15, 0.2) is 30.3 Å². The van der Waals surface area contributed by atoms with E-state index in [-0.39, 0.29) is 11.3 Å². The van der Waals surface area contributed by atoms with Crippen LogP contribution in [0.2, 0.25) is 0 Å². The summed E-state index contributed by atoms with van der Waals surface area (Å²) >= 11 is 0. The van der Waals surface area contributed by atoms with E-state index >= 15 is 0 Å². The molecule has 2 atom stereocenters. The van der Waals surface area contributed by atoms with Crippen molar-refractivity contribution in [3.8, 4) is 0 Å². The Labute approximate surface area is 163 Å². The van der Waals surface area contributed by atoms with Gasteiger partial charge < -0.3 is 10.0 Å². The summed E-state index contributed by atoms with van der Waals surface area (Å²) in [4.78, 5) is 25.6. The topological polar surface area (TPSA) is 60.9 Å². The van der Waals surface area contributed by atoms with Crippen molar-refractivity contribution in [3.05, 3.63) is 35.9 Å². The normalized spacial score (nSPS) is 25.1. The number of aliphatic carboxylic acids is 1. The van der Waals surface area contributed by atoms with Crippen molar-refractivity contribution < 1.29 is 27.9 Å². The smallest absolute Gasteiger partial charge is 0.475 e. The highest BCUT2D eigenvalue weighted by Gasteiger charge is 2.52. The van der Waals surface area contributed by atoms with Crippen LogP contribution in [0.1, 0.15) is 39.2 Å². The first kappa shape index (κ1) is 22.2. The Morgan fingerprint density at radius 3 is 2.14 bits per heavy atom. The lowest BCUT2D eigenvalue weighted by atomic mass is 9.69. The molecule has 0 spiro atoms. The number of carboxylic acids is 1. The molecule has 0 aliphatic carbocycles. The van der Waals surface area contributed by atoms with Gasteiger partial charge in [-0.05, 0) is 38.8 Å². The molecule has 2 heterocycles. The monoisotopic (exact) mass is 400 g/mol. The molecule has 1 aromatic rings. The van der Waals surface area contributed by atoms with E-state index in [0.717, 1.165) is 32.5 Å². The third-order valence-corrected chi connectivity index (χ3v) is 5.79. The van der Waals surface area contributed by atoms with Gasteiger partial charge in [0, 0.05) is 31.5 Å². The molecule has 1 N–H and O–H groups in total. The molecule has 5 nitrogen and oxygen atoms in total. The summed E-state index contributed by atoms with van der Waals surface area (Å²) in [6.07, 6.45) is -2.82. The lowest BCUT2D eigenvalue weighted by Gasteiger charge is -2.47. The number of nitrogens with zero attached hydrogens (tertiary/aromatic N) is 2. The van der Waals surface area contributed by atoms with Crippen molar-refractivity contribution in [2.45, 2.75) is 57.3 Å². The number of carbonyl (C=O) groups excluding carboxylic acids is 1. The fourth-order valence-electron chi connectivity index (χ4n) is 4.26. The zero-order valence-corrected chi connectivity index (χ0v) is 16.4. The van der Waals surface area contributed by atoms with Gasteiger partial charge in [-0.25, -0.2) is 4.79 Å². The highest BCUT2D eigenvalue weighted by Crippen LogP contribution is 2.46. The summed E-state index contributed by atoms with van der Waals surface area (Å²) in [5.41, 5.74) is 1.58. The first-order valence-corrected chi connectivity index (χ1v) is 9.36. The van der Waals surface area contributed by atoms with Crippen LogP contribution >= 0.6 is 0 Å². The molecule has 0 bridgehead atoms. The van der Waals surface area contributed by atoms with E-state index in [0.29, 0.717) is 12.1 Å². The molecule has 1 aromatic carbocycles. The van der Waals surface area contributed by atoms with Crippen LogP contribution in [0.25, 0.3) is 0 Å². The SMILES string of the molecule is CC(=O)N1CCC2(c3ccccc3)CCN(C(C)C)CC12.O=C(O)C(F)(F)F. The van der Waals surface area contributed by atoms with Gasteiger partial charge >= 0.3 is 12.1 Å². The van der Waals surface area contributed by atoms with Crippen LogP contribution < -0.4 is 0 Å². The molecule has 1 amide bonds. The number of benzene rings is 1. The molecule has 2 unspecified atom stereocenters. The van der Waals surface area contributed by atoms with Crippen LogP contribution in [0.3, 0.4) is 0 Å². The third kappa shape index (κ3) is 4.66. The Balaban J connectivity index is 0.000000345. The molecule has 0 saturated carbocycles. The molecule has 2 saturated heterocycles. The van der Waals surface area contributed by atoms with Crippen molar-refractivity contribution >= 4 is 11.9 Å². The zero-order chi connectivity index (χ0) is 21.1. The largest absolute Gasteiger partial charge is 0.490 e. The summed E-state index contributed by atoms with van der Waals surface area (Å²) in [5, 5.41) is 7.12. The average Bonchev–Trinajstić information content (AvgIpc) is 3.02. The number of carboxylic acid groups (broad SMARTS) is 1. The molecule has 8 heteroatoms. The number of likely N-dealkylation sites (tertiary alicyclic amines) is 2. The Hall–Kier alpha value is -2.09. The lowest BCUT2D eigenvalue weighted by Crippen LogP contribution is -2.57. The molecular weight excluding hydrogens is 373 g/mol. The number of piperidine rings is 1. The number of halogens is 3. The molecule has 28 heavy (non-hydrogen) atoms. The highest BCUT2D eigenvalue weighted by atomic mass is 19.4. The minimum atomic E-state index is -5.08. The van der Waals surface area contributed by atoms with E-state index in [1.54, 1.807) is 6.92 Å². The molecule has 0 radical (unpaired) electrons. The maximum absolute atomic E-state index is 12.1. The predicted octanol–water partition coefficient (Wildman–Crippen LogP) is 3.29. The summed E-state index contributed by atoms with van der Waals surface area (Å²) in [6.45, 7) is 9.27. The number of rotatable bonds is 2. The minimum Gasteiger partial charge on any atom is -0.475 e. The quantitative estimate of drug-likeness (QED) is 0.828. The minimum absolute atomic E-state index is 0.165. The second kappa shape index (κ2) is 8.51. The second-order valence-electron chi connectivity index (χ2n) is 7.64. The predicted molar refractivity (Wildman–Crippen MR) is 98.9 cm³/mol. The van der Waals surface area contributed by atoms with E-state index < -0.39 is 12.1 Å². The molecule has 2 fully saturated rings. The van der Waals surface area contributed by atoms with Crippen LogP contribution in [0, 0.1) is 0 Å². The number of fused-ring (bicyclic) bond motifs is 1. The van der Waals surface area contributed by atoms with Crippen LogP contribution in [-0.2, 0) is 15.0 Å². The molecular formula is C20H27F3N2O3. The molecule has 156 valence electrons. The van der Waals surface area contributed by atoms with Gasteiger partial charge in [0.15, 0.2) is 0 Å². The Bertz CT molecular complexity index is 694. The van der Waals surface area contributed by atoms with E-state index in [4.69, 9.17) is 9.90 Å². The molecule has 2 aliphatic heterocycles. The van der Waals surface area contributed by atoms with Gasteiger partial charge in [0.25, 0.3) is 0 Å². The fourth-order valence-corrected chi connectivity index (χ4v) is 4.26. The van der Waals surface area contributed by atoms with E-state index in [9.17, 15) is 18.0 Å². The fraction of sp³-hybridized carbons (Fsp3) is 0.600. The standard InChI is InChI=1S/C18H26N2O.C2HF3O2/c1-14(2)19-11-9-18(16-7-5-4-6-8-16)10-12-20(15(3)21)17(18)13-19;3-2(4,5)1(6)7/h4-8,14,17H,9-13H2,1-3H3;(H,6,7). The Morgan fingerprint density at radius 2 is 1.68 bits per heavy atom. The number of hydrogen-bond donors (Lipinski definition) is 1. The lowest BCUT2D eigenvalue weighted by molar-refractivity contribution is -0.192. The van der Waals surface area contributed by atoms with Gasteiger partial charge in [0.1, 0.15) is 0 Å². The third-order valence-electron chi connectivity index (χ3n) is 5.79. The van der Waals surface area contributed by atoms with Gasteiger partial charge in [-0.2, -0.15) is 13.2 Å². The Kier molecular flexibility index (Phi) is 6.75. The summed E-state index contributed by atoms with van der Waals surface area (Å²) in [7, 11) is 0. The van der Waals surface area contributed by atoms with E-state index in [1.165, 1.54) is 5.56 Å². The maximum Gasteiger partial charge on any atom is 0.490 e. The van der Waals surface area contributed by atoms with Crippen LogP contribution in [0.4, 0.5) is 13.2 Å². The van der Waals surface area contributed by atoms with Gasteiger partial charge in [0.05, 0.1) is 6.04 Å². The van der Waals surface area contributed by atoms with Crippen LogP contribution in [0.5, 0.6) is 0 Å². The maximum atomic E-state index is 12.1. The summed E-state index contributed by atoms with van der Waals surface area (Å²) in [6, 6.07) is 11.7. The van der Waals surface area contributed by atoms with Crippen molar-refractivity contribution in [3.63, 3.8) is 0 Å². The van der Waals surface area contributed by atoms with E-state index in [1.807, 2.05) is 0 Å². The van der Waals surface area contributed by atoms with Crippen molar-refractivity contribution in [1.82, 2.24) is 9.80 Å². The summed E-state index contributed by atoms with van der Waals surface area (Å²) in [5.74, 6) is -2.53. The van der Waals surface area contributed by atoms with Gasteiger partial charge in [-0.3, -0.25) is 9.69 Å². The van der Waals surface area contributed by atoms with Crippen LogP contribution in [-0.4, -0.2) is 64.7 Å². The average molecular weight is 400 g/mol. The number of carbonyl (C=O) groups is 2. The van der Waals surface area contributed by atoms with Crippen molar-refractivity contribution in [1.29, 1.82) is 0 Å². The molecule has 2 aliphatic rings. The van der Waals surface area contributed by atoms with Gasteiger partial charge in [-0.1, -0.05) is 30.3 Å². The van der Waals surface area contributed by atoms with Crippen molar-refractivity contribution in [2.24, 2.45) is 0 Å². The second-order valence-corrected chi connectivity index (χ2v) is 7.64. The van der Waals surface area contributed by atoms with Gasteiger partial charge in [0.2, 0.25) is 5.91 Å². The number of hydrogen-bond acceptors (Lipinski definition) is 3. The zero-order valence-electron chi connectivity index (χ0n) is 16.4. The van der Waals surface area contributed by atoms with Gasteiger partial charge in [-0.15, -0.1) is 0 Å². The molecule has 0 aromatic heterocycles. The number of alkyl halides is 3. The Morgan fingerprint density at radius 1 is 1.14 bits per heavy atom. The van der Waals surface area contributed by atoms with Crippen molar-refractivity contribution in [2.75, 3.05) is 19.6 Å². The molecule has 3 rings (SSSR count). The summed E-state index contributed by atoms with van der Waals surface area (Å²) < 4.78 is 31.7. The first-order chi connectivity index (χ1) is 13.0. The number of amides is 1. The van der Waals surface area contributed by atoms with E-state index in [2.05, 4.69) is 54.0 Å². The highest BCUT2D eigenvalue weighted by molar-refractivity contribution is 5.74.